The number of fused-ring (bicyclic) bond motifs is 1. The Labute approximate surface area is 117 Å². The van der Waals surface area contributed by atoms with Gasteiger partial charge in [-0.3, -0.25) is 4.99 Å². The zero-order chi connectivity index (χ0) is 14.4. The Morgan fingerprint density at radius 2 is 2.35 bits per heavy atom. The molecule has 1 aromatic rings. The summed E-state index contributed by atoms with van der Waals surface area (Å²) < 4.78 is 5.73. The van der Waals surface area contributed by atoms with Crippen molar-refractivity contribution in [1.82, 2.24) is 9.97 Å². The van der Waals surface area contributed by atoms with Crippen molar-refractivity contribution < 1.29 is 4.74 Å². The molecule has 1 aromatic heterocycles. The van der Waals surface area contributed by atoms with E-state index in [1.807, 2.05) is 6.08 Å². The summed E-state index contributed by atoms with van der Waals surface area (Å²) in [6.45, 7) is 7.46. The summed E-state index contributed by atoms with van der Waals surface area (Å²) in [6, 6.07) is 0. The fraction of sp³-hybridized carbons (Fsp3) is 0.125. The second kappa shape index (κ2) is 6.45. The molecule has 20 heavy (non-hydrogen) atoms. The highest BCUT2D eigenvalue weighted by atomic mass is 16.5. The summed E-state index contributed by atoms with van der Waals surface area (Å²) in [5, 5.41) is 1.71. The molecule has 0 unspecified atom stereocenters. The Balaban J connectivity index is 2.64. The first-order valence-electron chi connectivity index (χ1n) is 6.10. The summed E-state index contributed by atoms with van der Waals surface area (Å²) >= 11 is 0. The smallest absolute Gasteiger partial charge is 0.140 e. The lowest BCUT2D eigenvalue weighted by Gasteiger charge is -2.08. The fourth-order valence-corrected chi connectivity index (χ4v) is 1.82. The number of hydrogen-bond acceptors (Lipinski definition) is 4. The van der Waals surface area contributed by atoms with Gasteiger partial charge < -0.3 is 4.74 Å². The Morgan fingerprint density at radius 1 is 1.50 bits per heavy atom. The van der Waals surface area contributed by atoms with E-state index in [9.17, 15) is 0 Å². The molecule has 0 radical (unpaired) electrons. The predicted molar refractivity (Wildman–Crippen MR) is 80.2 cm³/mol. The van der Waals surface area contributed by atoms with Gasteiger partial charge in [0.15, 0.2) is 0 Å². The first kappa shape index (κ1) is 13.7. The standard InChI is InChI=1S/C16H15N3O/c1-4-5-16-14(9-17-3)7-6-13-10-18-11-19-15(13)8-12(2)20-16/h5-6,8-11H,1-2,7H2,3H3/b13-6-,15-8+,16-14+,17-9-. The molecule has 4 nitrogen and oxygen atoms in total. The molecular weight excluding hydrogens is 250 g/mol. The van der Waals surface area contributed by atoms with Crippen molar-refractivity contribution in [1.29, 1.82) is 0 Å². The van der Waals surface area contributed by atoms with Gasteiger partial charge in [-0.25, -0.2) is 9.97 Å². The molecule has 0 aliphatic carbocycles. The van der Waals surface area contributed by atoms with Crippen LogP contribution in [0.3, 0.4) is 0 Å². The van der Waals surface area contributed by atoms with Gasteiger partial charge >= 0.3 is 0 Å². The summed E-state index contributed by atoms with van der Waals surface area (Å²) in [5.41, 5.74) is 3.63. The Bertz CT molecular complexity index is 750. The minimum Gasteiger partial charge on any atom is -0.457 e. The van der Waals surface area contributed by atoms with Gasteiger partial charge in [-0.15, -0.1) is 5.73 Å². The lowest BCUT2D eigenvalue weighted by Crippen LogP contribution is -2.28. The topological polar surface area (TPSA) is 47.4 Å². The van der Waals surface area contributed by atoms with Crippen molar-refractivity contribution in [3.63, 3.8) is 0 Å². The third-order valence-electron chi connectivity index (χ3n) is 2.69. The zero-order valence-electron chi connectivity index (χ0n) is 11.3. The van der Waals surface area contributed by atoms with Crippen LogP contribution in [0.2, 0.25) is 0 Å². The Hall–Kier alpha value is -2.71. The van der Waals surface area contributed by atoms with Crippen LogP contribution in [0.1, 0.15) is 6.42 Å². The SMILES string of the molecule is C=C=C/C1=C(\C=N/C)C/C=c2/cncn/c2=C/C(=C)O1. The van der Waals surface area contributed by atoms with Gasteiger partial charge in [0.2, 0.25) is 0 Å². The van der Waals surface area contributed by atoms with E-state index >= 15 is 0 Å². The van der Waals surface area contributed by atoms with Gasteiger partial charge in [-0.1, -0.05) is 19.2 Å². The van der Waals surface area contributed by atoms with E-state index < -0.39 is 0 Å². The van der Waals surface area contributed by atoms with Crippen LogP contribution in [0.4, 0.5) is 0 Å². The molecule has 0 saturated heterocycles. The van der Waals surface area contributed by atoms with E-state index in [1.165, 1.54) is 6.33 Å². The third kappa shape index (κ3) is 3.19. The molecule has 2 rings (SSSR count). The van der Waals surface area contributed by atoms with E-state index in [4.69, 9.17) is 4.74 Å². The minimum atomic E-state index is 0.490. The summed E-state index contributed by atoms with van der Waals surface area (Å²) in [5.74, 6) is 1.12. The van der Waals surface area contributed by atoms with Crippen LogP contribution in [0, 0.1) is 0 Å². The summed E-state index contributed by atoms with van der Waals surface area (Å²) in [7, 11) is 1.72. The van der Waals surface area contributed by atoms with E-state index in [-0.39, 0.29) is 0 Å². The molecule has 100 valence electrons. The average Bonchev–Trinajstić information content (AvgIpc) is 2.49. The van der Waals surface area contributed by atoms with Crippen LogP contribution < -0.4 is 10.6 Å². The highest BCUT2D eigenvalue weighted by Gasteiger charge is 2.06. The van der Waals surface area contributed by atoms with Crippen molar-refractivity contribution in [2.75, 3.05) is 7.05 Å². The molecule has 1 aliphatic heterocycles. The number of aliphatic imine (C=N–C) groups is 1. The average molecular weight is 265 g/mol. The number of aromatic nitrogens is 2. The van der Waals surface area contributed by atoms with Crippen molar-refractivity contribution in [3.8, 4) is 0 Å². The van der Waals surface area contributed by atoms with Crippen LogP contribution in [0.5, 0.6) is 0 Å². The number of rotatable bonds is 2. The van der Waals surface area contributed by atoms with Crippen LogP contribution in [-0.2, 0) is 4.74 Å². The molecule has 0 aromatic carbocycles. The van der Waals surface area contributed by atoms with Gasteiger partial charge in [0.1, 0.15) is 17.8 Å². The molecule has 0 saturated carbocycles. The molecule has 0 fully saturated rings. The number of nitrogens with zero attached hydrogens (tertiary/aromatic N) is 3. The molecule has 1 aliphatic rings. The highest BCUT2D eigenvalue weighted by molar-refractivity contribution is 5.81. The van der Waals surface area contributed by atoms with Crippen LogP contribution in [0.15, 0.2) is 59.6 Å². The molecule has 0 amide bonds. The second-order valence-corrected chi connectivity index (χ2v) is 4.11. The first-order valence-corrected chi connectivity index (χ1v) is 6.10. The Kier molecular flexibility index (Phi) is 4.43. The van der Waals surface area contributed by atoms with Crippen molar-refractivity contribution in [2.24, 2.45) is 4.99 Å². The van der Waals surface area contributed by atoms with Crippen molar-refractivity contribution >= 4 is 18.4 Å². The molecule has 0 N–H and O–H groups in total. The first-order chi connectivity index (χ1) is 9.74. The van der Waals surface area contributed by atoms with Crippen LogP contribution in [0.25, 0.3) is 12.2 Å². The monoisotopic (exact) mass is 265 g/mol. The molecule has 0 spiro atoms. The molecule has 0 bridgehead atoms. The molecule has 0 atom stereocenters. The van der Waals surface area contributed by atoms with E-state index in [1.54, 1.807) is 31.6 Å². The number of allylic oxidation sites excluding steroid dienone is 3. The lowest BCUT2D eigenvalue weighted by molar-refractivity contribution is 0.342. The van der Waals surface area contributed by atoms with Gasteiger partial charge in [0.05, 0.1) is 5.35 Å². The third-order valence-corrected chi connectivity index (χ3v) is 2.69. The van der Waals surface area contributed by atoms with Crippen LogP contribution >= 0.6 is 0 Å². The second-order valence-electron chi connectivity index (χ2n) is 4.11. The number of ether oxygens (including phenoxy) is 1. The predicted octanol–water partition coefficient (Wildman–Crippen LogP) is 1.27. The minimum absolute atomic E-state index is 0.490. The summed E-state index contributed by atoms with van der Waals surface area (Å²) in [6.07, 6.45) is 11.1. The maximum atomic E-state index is 5.73. The number of hydrogen-bond donors (Lipinski definition) is 0. The maximum absolute atomic E-state index is 5.73. The van der Waals surface area contributed by atoms with Gasteiger partial charge in [0.25, 0.3) is 0 Å². The maximum Gasteiger partial charge on any atom is 0.140 e. The van der Waals surface area contributed by atoms with Gasteiger partial charge in [0, 0.05) is 42.4 Å². The Morgan fingerprint density at radius 3 is 3.10 bits per heavy atom. The fourth-order valence-electron chi connectivity index (χ4n) is 1.82. The van der Waals surface area contributed by atoms with Crippen LogP contribution in [-0.4, -0.2) is 23.2 Å². The normalized spacial score (nSPS) is 21.9. The summed E-state index contributed by atoms with van der Waals surface area (Å²) in [4.78, 5) is 12.3. The zero-order valence-corrected chi connectivity index (χ0v) is 11.3. The van der Waals surface area contributed by atoms with Gasteiger partial charge in [-0.2, -0.15) is 0 Å². The van der Waals surface area contributed by atoms with E-state index in [0.717, 1.165) is 16.1 Å². The largest absolute Gasteiger partial charge is 0.457 e. The quantitative estimate of drug-likeness (QED) is 0.597. The molecule has 2 heterocycles. The van der Waals surface area contributed by atoms with Crippen molar-refractivity contribution in [3.05, 3.63) is 65.1 Å². The van der Waals surface area contributed by atoms with Gasteiger partial charge in [-0.05, 0) is 6.42 Å². The highest BCUT2D eigenvalue weighted by Crippen LogP contribution is 2.15. The van der Waals surface area contributed by atoms with Crippen molar-refractivity contribution in [2.45, 2.75) is 6.42 Å². The van der Waals surface area contributed by atoms with E-state index in [2.05, 4.69) is 33.8 Å². The lowest BCUT2D eigenvalue weighted by atomic mass is 10.1. The molecular formula is C16H15N3O. The molecule has 4 heteroatoms. The van der Waals surface area contributed by atoms with E-state index in [0.29, 0.717) is 17.9 Å².